The molecule has 5 rings (SSSR count). The second-order valence-corrected chi connectivity index (χ2v) is 7.44. The van der Waals surface area contributed by atoms with Crippen LogP contribution in [0.15, 0.2) is 36.7 Å². The van der Waals surface area contributed by atoms with Crippen molar-refractivity contribution in [3.8, 4) is 17.1 Å². The first-order chi connectivity index (χ1) is 14.1. The summed E-state index contributed by atoms with van der Waals surface area (Å²) in [5.41, 5.74) is 3.31. The number of rotatable bonds is 5. The summed E-state index contributed by atoms with van der Waals surface area (Å²) in [4.78, 5) is 20.9. The molecule has 0 spiro atoms. The van der Waals surface area contributed by atoms with Gasteiger partial charge in [-0.3, -0.25) is 14.5 Å². The smallest absolute Gasteiger partial charge is 0.252 e. The molecule has 3 aromatic rings. The van der Waals surface area contributed by atoms with E-state index in [9.17, 15) is 9.18 Å². The van der Waals surface area contributed by atoms with Crippen LogP contribution in [0.5, 0.6) is 5.88 Å². The highest BCUT2D eigenvalue weighted by molar-refractivity contribution is 5.94. The van der Waals surface area contributed by atoms with E-state index in [-0.39, 0.29) is 17.8 Å². The average molecular weight is 393 g/mol. The lowest BCUT2D eigenvalue weighted by Gasteiger charge is -2.12. The predicted octanol–water partition coefficient (Wildman–Crippen LogP) is 3.24. The lowest BCUT2D eigenvalue weighted by molar-refractivity contribution is 0.0936. The summed E-state index contributed by atoms with van der Waals surface area (Å²) in [6.45, 7) is 0.669. The summed E-state index contributed by atoms with van der Waals surface area (Å²) in [6.07, 6.45) is 5.76. The van der Waals surface area contributed by atoms with E-state index >= 15 is 0 Å². The topological polar surface area (TPSA) is 81.9 Å². The fraction of sp³-hybridized carbons (Fsp3) is 0.333. The zero-order valence-electron chi connectivity index (χ0n) is 15.9. The minimum atomic E-state index is -0.379. The number of nitrogens with zero attached hydrogens (tertiary/aromatic N) is 4. The number of hydrogen-bond donors (Lipinski definition) is 1. The van der Waals surface area contributed by atoms with Gasteiger partial charge in [-0.2, -0.15) is 5.10 Å². The monoisotopic (exact) mass is 393 g/mol. The van der Waals surface area contributed by atoms with Gasteiger partial charge in [0.1, 0.15) is 0 Å². The maximum atomic E-state index is 14.4. The van der Waals surface area contributed by atoms with Crippen LogP contribution >= 0.6 is 0 Å². The quantitative estimate of drug-likeness (QED) is 0.720. The third-order valence-electron chi connectivity index (χ3n) is 5.46. The number of carbonyl (C=O) groups is 1. The van der Waals surface area contributed by atoms with Gasteiger partial charge < -0.3 is 10.1 Å². The molecule has 0 unspecified atom stereocenters. The summed E-state index contributed by atoms with van der Waals surface area (Å²) in [6, 6.07) is 6.72. The first-order valence-corrected chi connectivity index (χ1v) is 9.67. The fourth-order valence-electron chi connectivity index (χ4n) is 3.73. The van der Waals surface area contributed by atoms with Gasteiger partial charge in [-0.25, -0.2) is 9.37 Å². The van der Waals surface area contributed by atoms with Crippen LogP contribution in [0.25, 0.3) is 11.3 Å². The second-order valence-electron chi connectivity index (χ2n) is 7.44. The Morgan fingerprint density at radius 1 is 1.24 bits per heavy atom. The number of methoxy groups -OCH3 is 1. The van der Waals surface area contributed by atoms with Crippen LogP contribution in [0.2, 0.25) is 0 Å². The first-order valence-electron chi connectivity index (χ1n) is 9.67. The third-order valence-corrected chi connectivity index (χ3v) is 5.46. The van der Waals surface area contributed by atoms with Gasteiger partial charge in [0.15, 0.2) is 5.82 Å². The number of hydrogen-bond acceptors (Lipinski definition) is 5. The molecule has 0 aromatic carbocycles. The Hall–Kier alpha value is -3.29. The highest BCUT2D eigenvalue weighted by Crippen LogP contribution is 2.40. The SMILES string of the molecule is COc1cc(C(=O)N[C@H]2CCn3nc(-c4cc(C5CC5)ncc4F)cc32)ccn1. The molecule has 4 heterocycles. The van der Waals surface area contributed by atoms with Crippen LogP contribution in [-0.4, -0.2) is 32.8 Å². The van der Waals surface area contributed by atoms with Gasteiger partial charge in [-0.05, 0) is 37.5 Å². The van der Waals surface area contributed by atoms with E-state index in [0.717, 1.165) is 30.7 Å². The fourth-order valence-corrected chi connectivity index (χ4v) is 3.73. The van der Waals surface area contributed by atoms with E-state index in [1.807, 2.05) is 16.8 Å². The molecule has 1 atom stereocenters. The van der Waals surface area contributed by atoms with E-state index in [1.165, 1.54) is 19.5 Å². The van der Waals surface area contributed by atoms with Gasteiger partial charge >= 0.3 is 0 Å². The van der Waals surface area contributed by atoms with Crippen LogP contribution in [0, 0.1) is 5.82 Å². The van der Waals surface area contributed by atoms with Crippen molar-refractivity contribution in [3.05, 3.63) is 59.4 Å². The lowest BCUT2D eigenvalue weighted by Crippen LogP contribution is -2.27. The molecule has 0 bridgehead atoms. The summed E-state index contributed by atoms with van der Waals surface area (Å²) in [5.74, 6) is 0.234. The van der Waals surface area contributed by atoms with Crippen molar-refractivity contribution in [2.45, 2.75) is 37.8 Å². The van der Waals surface area contributed by atoms with Crippen molar-refractivity contribution in [1.29, 1.82) is 0 Å². The third kappa shape index (κ3) is 3.35. The average Bonchev–Trinajstić information content (AvgIpc) is 3.40. The minimum Gasteiger partial charge on any atom is -0.481 e. The van der Waals surface area contributed by atoms with Crippen LogP contribution in [-0.2, 0) is 6.54 Å². The first kappa shape index (κ1) is 17.8. The Kier molecular flexibility index (Phi) is 4.26. The van der Waals surface area contributed by atoms with Crippen molar-refractivity contribution < 1.29 is 13.9 Å². The molecule has 0 radical (unpaired) electrons. The lowest BCUT2D eigenvalue weighted by atomic mass is 10.1. The number of nitrogens with one attached hydrogen (secondary N) is 1. The van der Waals surface area contributed by atoms with Crippen LogP contribution in [0.4, 0.5) is 4.39 Å². The molecule has 3 aromatic heterocycles. The number of halogens is 1. The molecule has 29 heavy (non-hydrogen) atoms. The molecule has 7 nitrogen and oxygen atoms in total. The summed E-state index contributed by atoms with van der Waals surface area (Å²) >= 11 is 0. The Balaban J connectivity index is 1.39. The van der Waals surface area contributed by atoms with Gasteiger partial charge in [0.05, 0.1) is 30.7 Å². The molecule has 1 fully saturated rings. The Morgan fingerprint density at radius 3 is 2.90 bits per heavy atom. The summed E-state index contributed by atoms with van der Waals surface area (Å²) < 4.78 is 21.3. The molecule has 1 amide bonds. The van der Waals surface area contributed by atoms with E-state index in [0.29, 0.717) is 35.2 Å². The standard InChI is InChI=1S/C21H20FN5O2/c1-29-20-8-13(4-6-23-20)21(28)25-16-5-7-27-19(16)10-18(26-27)14-9-17(12-2-3-12)24-11-15(14)22/h4,6,8-12,16H,2-3,5,7H2,1H3,(H,25,28)/t16-/m0/s1. The number of carbonyl (C=O) groups excluding carboxylic acids is 1. The van der Waals surface area contributed by atoms with Crippen molar-refractivity contribution in [1.82, 2.24) is 25.1 Å². The predicted molar refractivity (Wildman–Crippen MR) is 103 cm³/mol. The Labute approximate surface area is 166 Å². The number of aryl methyl sites for hydroxylation is 1. The number of fused-ring (bicyclic) bond motifs is 1. The molecule has 8 heteroatoms. The van der Waals surface area contributed by atoms with Gasteiger partial charge in [-0.1, -0.05) is 0 Å². The molecule has 1 aliphatic carbocycles. The molecular weight excluding hydrogens is 373 g/mol. The normalized spacial score (nSPS) is 17.8. The van der Waals surface area contributed by atoms with E-state index in [4.69, 9.17) is 4.74 Å². The van der Waals surface area contributed by atoms with E-state index < -0.39 is 0 Å². The Bertz CT molecular complexity index is 1090. The van der Waals surface area contributed by atoms with Crippen molar-refractivity contribution >= 4 is 5.91 Å². The van der Waals surface area contributed by atoms with Gasteiger partial charge in [-0.15, -0.1) is 0 Å². The Morgan fingerprint density at radius 2 is 2.10 bits per heavy atom. The van der Waals surface area contributed by atoms with Gasteiger partial charge in [0.25, 0.3) is 5.91 Å². The van der Waals surface area contributed by atoms with Crippen molar-refractivity contribution in [3.63, 3.8) is 0 Å². The number of ether oxygens (including phenoxy) is 1. The highest BCUT2D eigenvalue weighted by atomic mass is 19.1. The number of pyridine rings is 2. The largest absolute Gasteiger partial charge is 0.481 e. The van der Waals surface area contributed by atoms with Gasteiger partial charge in [0, 0.05) is 41.5 Å². The van der Waals surface area contributed by atoms with E-state index in [2.05, 4.69) is 20.4 Å². The maximum absolute atomic E-state index is 14.4. The molecule has 0 saturated heterocycles. The zero-order valence-corrected chi connectivity index (χ0v) is 15.9. The molecule has 1 N–H and O–H groups in total. The van der Waals surface area contributed by atoms with E-state index in [1.54, 1.807) is 12.1 Å². The van der Waals surface area contributed by atoms with Crippen molar-refractivity contribution in [2.24, 2.45) is 0 Å². The molecule has 2 aliphatic rings. The van der Waals surface area contributed by atoms with Crippen LogP contribution in [0.1, 0.15) is 53.0 Å². The summed E-state index contributed by atoms with van der Waals surface area (Å²) in [7, 11) is 1.51. The highest BCUT2D eigenvalue weighted by Gasteiger charge is 2.29. The second kappa shape index (κ2) is 6.95. The molecule has 148 valence electrons. The van der Waals surface area contributed by atoms with Crippen LogP contribution < -0.4 is 10.1 Å². The van der Waals surface area contributed by atoms with Crippen molar-refractivity contribution in [2.75, 3.05) is 7.11 Å². The molecular formula is C21H20FN5O2. The van der Waals surface area contributed by atoms with Crippen LogP contribution in [0.3, 0.4) is 0 Å². The maximum Gasteiger partial charge on any atom is 0.252 e. The zero-order chi connectivity index (χ0) is 20.0. The molecule has 1 aliphatic heterocycles. The molecule has 1 saturated carbocycles. The summed E-state index contributed by atoms with van der Waals surface area (Å²) in [5, 5.41) is 7.60. The minimum absolute atomic E-state index is 0.185. The van der Waals surface area contributed by atoms with Gasteiger partial charge in [0.2, 0.25) is 5.88 Å². The number of aromatic nitrogens is 4. The number of amides is 1.